The van der Waals surface area contributed by atoms with Gasteiger partial charge in [0.05, 0.1) is 11.3 Å². The molecular weight excluding hydrogens is 365 g/mol. The van der Waals surface area contributed by atoms with Crippen LogP contribution in [0.3, 0.4) is 0 Å². The molecule has 140 valence electrons. The van der Waals surface area contributed by atoms with Gasteiger partial charge in [0, 0.05) is 5.56 Å². The maximum atomic E-state index is 13.0. The number of hydrogen-bond donors (Lipinski definition) is 1. The van der Waals surface area contributed by atoms with Gasteiger partial charge in [-0.2, -0.15) is 0 Å². The number of carbonyl (C=O) groups is 1. The van der Waals surface area contributed by atoms with Gasteiger partial charge < -0.3 is 9.73 Å². The third kappa shape index (κ3) is 4.95. The molecule has 2 unspecified atom stereocenters. The fourth-order valence-electron chi connectivity index (χ4n) is 2.44. The normalized spacial score (nSPS) is 13.2. The van der Waals surface area contributed by atoms with E-state index in [0.29, 0.717) is 11.1 Å². The molecule has 0 bridgehead atoms. The zero-order chi connectivity index (χ0) is 19.4. The molecule has 0 aliphatic carbocycles. The van der Waals surface area contributed by atoms with Crippen molar-refractivity contribution in [3.63, 3.8) is 0 Å². The minimum Gasteiger partial charge on any atom is -0.411 e. The van der Waals surface area contributed by atoms with Crippen LogP contribution in [-0.4, -0.2) is 21.4 Å². The zero-order valence-corrected chi connectivity index (χ0v) is 16.1. The van der Waals surface area contributed by atoms with E-state index in [4.69, 9.17) is 4.42 Å². The molecule has 3 aromatic rings. The molecule has 2 atom stereocenters. The summed E-state index contributed by atoms with van der Waals surface area (Å²) in [6.07, 6.45) is 0. The molecule has 0 aliphatic heterocycles. The lowest BCUT2D eigenvalue weighted by Crippen LogP contribution is -2.33. The van der Waals surface area contributed by atoms with Crippen LogP contribution in [0, 0.1) is 12.7 Å². The molecule has 7 heteroatoms. The van der Waals surface area contributed by atoms with Gasteiger partial charge in [-0.1, -0.05) is 41.6 Å². The summed E-state index contributed by atoms with van der Waals surface area (Å²) in [5.41, 5.74) is 2.82. The van der Waals surface area contributed by atoms with E-state index >= 15 is 0 Å². The Morgan fingerprint density at radius 3 is 2.41 bits per heavy atom. The number of nitrogens with zero attached hydrogens (tertiary/aromatic N) is 2. The lowest BCUT2D eigenvalue weighted by atomic mass is 10.1. The number of halogens is 1. The van der Waals surface area contributed by atoms with E-state index in [9.17, 15) is 9.18 Å². The summed E-state index contributed by atoms with van der Waals surface area (Å²) in [6.45, 7) is 5.63. The fraction of sp³-hybridized carbons (Fsp3) is 0.250. The second kappa shape index (κ2) is 8.35. The molecule has 0 saturated carbocycles. The number of amides is 1. The Balaban J connectivity index is 1.59. The first-order valence-corrected chi connectivity index (χ1v) is 9.43. The third-order valence-electron chi connectivity index (χ3n) is 4.08. The molecule has 3 rings (SSSR count). The number of nitrogens with one attached hydrogen (secondary N) is 1. The van der Waals surface area contributed by atoms with Gasteiger partial charge in [0.15, 0.2) is 0 Å². The van der Waals surface area contributed by atoms with E-state index in [1.165, 1.54) is 23.9 Å². The van der Waals surface area contributed by atoms with Gasteiger partial charge >= 0.3 is 0 Å². The summed E-state index contributed by atoms with van der Waals surface area (Å²) >= 11 is 1.20. The second-order valence-corrected chi connectivity index (χ2v) is 7.57. The van der Waals surface area contributed by atoms with Crippen molar-refractivity contribution in [2.24, 2.45) is 0 Å². The molecule has 0 fully saturated rings. The Morgan fingerprint density at radius 1 is 1.07 bits per heavy atom. The molecule has 0 aliphatic rings. The average Bonchev–Trinajstić information content (AvgIpc) is 3.11. The van der Waals surface area contributed by atoms with E-state index in [1.807, 2.05) is 38.1 Å². The molecule has 27 heavy (non-hydrogen) atoms. The number of thioether (sulfide) groups is 1. The van der Waals surface area contributed by atoms with Crippen LogP contribution in [0.15, 0.2) is 58.2 Å². The Labute approximate surface area is 161 Å². The van der Waals surface area contributed by atoms with Gasteiger partial charge in [0.25, 0.3) is 5.22 Å². The fourth-order valence-corrected chi connectivity index (χ4v) is 3.13. The highest BCUT2D eigenvalue weighted by atomic mass is 32.2. The molecule has 1 amide bonds. The van der Waals surface area contributed by atoms with E-state index in [0.717, 1.165) is 16.7 Å². The maximum Gasteiger partial charge on any atom is 0.277 e. The number of aryl methyl sites for hydroxylation is 1. The molecular formula is C20H20FN3O2S. The quantitative estimate of drug-likeness (QED) is 0.631. The van der Waals surface area contributed by atoms with Crippen molar-refractivity contribution in [2.75, 3.05) is 0 Å². The first-order chi connectivity index (χ1) is 12.9. The van der Waals surface area contributed by atoms with E-state index < -0.39 is 5.25 Å². The average molecular weight is 385 g/mol. The summed E-state index contributed by atoms with van der Waals surface area (Å²) in [4.78, 5) is 12.4. The summed E-state index contributed by atoms with van der Waals surface area (Å²) < 4.78 is 18.7. The molecule has 1 N–H and O–H groups in total. The van der Waals surface area contributed by atoms with Crippen molar-refractivity contribution in [2.45, 2.75) is 37.3 Å². The molecule has 1 heterocycles. The standard InChI is InChI=1S/C20H20FN3O2S/c1-12-4-6-16(7-5-12)19-23-24-20(26-19)27-14(3)18(25)22-13(2)15-8-10-17(21)11-9-15/h4-11,13-14H,1-3H3,(H,22,25). The van der Waals surface area contributed by atoms with Crippen LogP contribution in [0.25, 0.3) is 11.5 Å². The summed E-state index contributed by atoms with van der Waals surface area (Å²) in [6, 6.07) is 13.6. The number of hydrogen-bond acceptors (Lipinski definition) is 5. The zero-order valence-electron chi connectivity index (χ0n) is 15.3. The van der Waals surface area contributed by atoms with Crippen molar-refractivity contribution in [3.8, 4) is 11.5 Å². The van der Waals surface area contributed by atoms with Crippen molar-refractivity contribution in [1.29, 1.82) is 0 Å². The van der Waals surface area contributed by atoms with Gasteiger partial charge in [-0.15, -0.1) is 10.2 Å². The Hall–Kier alpha value is -2.67. The molecule has 2 aromatic carbocycles. The van der Waals surface area contributed by atoms with Gasteiger partial charge in [0.1, 0.15) is 5.82 Å². The van der Waals surface area contributed by atoms with Crippen LogP contribution >= 0.6 is 11.8 Å². The number of benzene rings is 2. The van der Waals surface area contributed by atoms with E-state index in [-0.39, 0.29) is 17.8 Å². The van der Waals surface area contributed by atoms with Crippen LogP contribution in [0.2, 0.25) is 0 Å². The van der Waals surface area contributed by atoms with Crippen LogP contribution in [-0.2, 0) is 4.79 Å². The topological polar surface area (TPSA) is 68.0 Å². The third-order valence-corrected chi connectivity index (χ3v) is 5.01. The van der Waals surface area contributed by atoms with Crippen LogP contribution in [0.4, 0.5) is 4.39 Å². The van der Waals surface area contributed by atoms with Crippen molar-refractivity contribution >= 4 is 17.7 Å². The van der Waals surface area contributed by atoms with Gasteiger partial charge in [-0.3, -0.25) is 4.79 Å². The van der Waals surface area contributed by atoms with Gasteiger partial charge in [0.2, 0.25) is 11.8 Å². The number of aromatic nitrogens is 2. The number of rotatable bonds is 6. The van der Waals surface area contributed by atoms with E-state index in [1.54, 1.807) is 19.1 Å². The number of carbonyl (C=O) groups excluding carboxylic acids is 1. The monoisotopic (exact) mass is 385 g/mol. The molecule has 5 nitrogen and oxygen atoms in total. The predicted octanol–water partition coefficient (Wildman–Crippen LogP) is 4.54. The van der Waals surface area contributed by atoms with Crippen molar-refractivity contribution < 1.29 is 13.6 Å². The van der Waals surface area contributed by atoms with Crippen LogP contribution in [0.5, 0.6) is 0 Å². The second-order valence-electron chi connectivity index (χ2n) is 6.28. The minimum atomic E-state index is -0.417. The van der Waals surface area contributed by atoms with E-state index in [2.05, 4.69) is 15.5 Å². The largest absolute Gasteiger partial charge is 0.411 e. The van der Waals surface area contributed by atoms with Crippen LogP contribution in [0.1, 0.15) is 31.0 Å². The highest BCUT2D eigenvalue weighted by Crippen LogP contribution is 2.26. The SMILES string of the molecule is Cc1ccc(-c2nnc(SC(C)C(=O)NC(C)c3ccc(F)cc3)o2)cc1. The molecule has 1 aromatic heterocycles. The molecule has 0 spiro atoms. The molecule has 0 radical (unpaired) electrons. The Bertz CT molecular complexity index is 910. The first-order valence-electron chi connectivity index (χ1n) is 8.55. The van der Waals surface area contributed by atoms with Crippen molar-refractivity contribution in [1.82, 2.24) is 15.5 Å². The van der Waals surface area contributed by atoms with Gasteiger partial charge in [-0.05, 0) is 50.6 Å². The van der Waals surface area contributed by atoms with Crippen LogP contribution < -0.4 is 5.32 Å². The minimum absolute atomic E-state index is 0.160. The predicted molar refractivity (Wildman–Crippen MR) is 103 cm³/mol. The lowest BCUT2D eigenvalue weighted by molar-refractivity contribution is -0.120. The highest BCUT2D eigenvalue weighted by molar-refractivity contribution is 8.00. The Kier molecular flexibility index (Phi) is 5.91. The Morgan fingerprint density at radius 2 is 1.74 bits per heavy atom. The summed E-state index contributed by atoms with van der Waals surface area (Å²) in [7, 11) is 0. The first kappa shape index (κ1) is 19.1. The van der Waals surface area contributed by atoms with Crippen molar-refractivity contribution in [3.05, 3.63) is 65.5 Å². The smallest absolute Gasteiger partial charge is 0.277 e. The maximum absolute atomic E-state index is 13.0. The molecule has 0 saturated heterocycles. The summed E-state index contributed by atoms with van der Waals surface area (Å²) in [5.74, 6) is -0.0429. The van der Waals surface area contributed by atoms with Gasteiger partial charge in [-0.25, -0.2) is 4.39 Å². The lowest BCUT2D eigenvalue weighted by Gasteiger charge is -2.16. The summed E-state index contributed by atoms with van der Waals surface area (Å²) in [5, 5.41) is 10.9. The highest BCUT2D eigenvalue weighted by Gasteiger charge is 2.20.